The number of nitro groups is 1. The maximum Gasteiger partial charge on any atom is 0.228 e. The molecule has 9 fully saturated rings. The van der Waals surface area contributed by atoms with Crippen LogP contribution < -0.4 is 0 Å². The summed E-state index contributed by atoms with van der Waals surface area (Å²) in [6.07, 6.45) is 10.8. The summed E-state index contributed by atoms with van der Waals surface area (Å²) >= 11 is 0. The van der Waals surface area contributed by atoms with Crippen LogP contribution in [0.2, 0.25) is 0 Å². The van der Waals surface area contributed by atoms with Crippen molar-refractivity contribution in [3.8, 4) is 0 Å². The third kappa shape index (κ3) is 2.31. The Labute approximate surface area is 237 Å². The lowest BCUT2D eigenvalue weighted by Crippen LogP contribution is -2.80. The van der Waals surface area contributed by atoms with Gasteiger partial charge >= 0.3 is 0 Å². The summed E-state index contributed by atoms with van der Waals surface area (Å²) in [5.74, 6) is 13.1. The number of fused-ring (bicyclic) bond motifs is 4. The van der Waals surface area contributed by atoms with Crippen LogP contribution in [0.25, 0.3) is 0 Å². The molecule has 0 heterocycles. The zero-order chi connectivity index (χ0) is 27.1. The van der Waals surface area contributed by atoms with E-state index in [1.54, 1.807) is 0 Å². The molecule has 9 aliphatic carbocycles. The van der Waals surface area contributed by atoms with Gasteiger partial charge in [-0.1, -0.05) is 61.3 Å². The Morgan fingerprint density at radius 2 is 1.38 bits per heavy atom. The quantitative estimate of drug-likeness (QED) is 0.251. The second-order valence-electron chi connectivity index (χ2n) is 18.2. The molecule has 9 saturated carbocycles. The molecular formula is C36H55NO2. The monoisotopic (exact) mass is 533 g/mol. The average Bonchev–Trinajstić information content (AvgIpc) is 3.55. The average molecular weight is 534 g/mol. The highest BCUT2D eigenvalue weighted by Crippen LogP contribution is 2.97. The first-order valence-corrected chi connectivity index (χ1v) is 17.7. The fraction of sp³-hybridized carbons (Fsp3) is 1.00. The van der Waals surface area contributed by atoms with E-state index in [0.717, 1.165) is 65.6 Å². The van der Waals surface area contributed by atoms with Gasteiger partial charge in [0.1, 0.15) is 0 Å². The molecule has 0 amide bonds. The minimum atomic E-state index is -0.609. The molecule has 9 aliphatic rings. The van der Waals surface area contributed by atoms with Gasteiger partial charge in [-0.25, -0.2) is 0 Å². The lowest BCUT2D eigenvalue weighted by molar-refractivity contribution is -0.639. The maximum absolute atomic E-state index is 13.5. The van der Waals surface area contributed by atoms with Crippen molar-refractivity contribution < 1.29 is 4.92 Å². The van der Waals surface area contributed by atoms with Crippen LogP contribution in [-0.2, 0) is 0 Å². The Morgan fingerprint density at radius 1 is 0.667 bits per heavy atom. The lowest BCUT2D eigenvalue weighted by Gasteiger charge is -2.78. The first kappa shape index (κ1) is 24.9. The topological polar surface area (TPSA) is 43.1 Å². The van der Waals surface area contributed by atoms with Crippen LogP contribution in [0.5, 0.6) is 0 Å². The van der Waals surface area contributed by atoms with E-state index in [9.17, 15) is 10.1 Å². The van der Waals surface area contributed by atoms with E-state index in [1.807, 2.05) is 0 Å². The minimum Gasteiger partial charge on any atom is -0.264 e. The fourth-order valence-electron chi connectivity index (χ4n) is 17.2. The number of rotatable bonds is 1. The van der Waals surface area contributed by atoms with Crippen LogP contribution in [0.4, 0.5) is 0 Å². The maximum atomic E-state index is 13.5. The molecule has 3 nitrogen and oxygen atoms in total. The van der Waals surface area contributed by atoms with Crippen molar-refractivity contribution in [2.24, 2.45) is 117 Å². The number of hydrogen-bond acceptors (Lipinski definition) is 2. The Hall–Kier alpha value is -0.600. The van der Waals surface area contributed by atoms with Gasteiger partial charge in [-0.05, 0) is 138 Å². The van der Waals surface area contributed by atoms with Gasteiger partial charge in [-0.3, -0.25) is 10.1 Å². The molecule has 0 N–H and O–H groups in total. The van der Waals surface area contributed by atoms with Gasteiger partial charge < -0.3 is 0 Å². The zero-order valence-electron chi connectivity index (χ0n) is 25.8. The van der Waals surface area contributed by atoms with E-state index in [2.05, 4.69) is 48.5 Å². The molecule has 11 unspecified atom stereocenters. The van der Waals surface area contributed by atoms with Gasteiger partial charge in [0.05, 0.1) is 0 Å². The van der Waals surface area contributed by atoms with Crippen LogP contribution in [0.15, 0.2) is 0 Å². The van der Waals surface area contributed by atoms with E-state index in [4.69, 9.17) is 0 Å². The summed E-state index contributed by atoms with van der Waals surface area (Å²) in [5.41, 5.74) is 0.580. The summed E-state index contributed by atoms with van der Waals surface area (Å²) in [7, 11) is 0. The molecule has 0 radical (unpaired) electrons. The van der Waals surface area contributed by atoms with Gasteiger partial charge in [0.15, 0.2) is 0 Å². The SMILES string of the molecule is C[C@@H]1CC2C3C4C5[C@@H](C)[C@@H](C)[C@@H](C)[C@@H](C)[C@@H](C)CCCC67C(C[C@@H](C)[C@H]8C2C86C3C1)C1C[C@]5([N+](=O)[O-])[C@@H]4CC17. The zero-order valence-corrected chi connectivity index (χ0v) is 25.8. The van der Waals surface area contributed by atoms with Crippen molar-refractivity contribution in [1.82, 2.24) is 0 Å². The number of hydrogen-bond donors (Lipinski definition) is 0. The van der Waals surface area contributed by atoms with Crippen molar-refractivity contribution in [1.29, 1.82) is 0 Å². The summed E-state index contributed by atoms with van der Waals surface area (Å²) in [6, 6.07) is 0. The molecule has 21 atom stereocenters. The third-order valence-electron chi connectivity index (χ3n) is 18.3. The standard InChI is InChI=1S/C36H55NO2/c1-16-11-23-29-28(12-16)36-31(33(23)36)18(3)13-25-24-15-35(37(38)39)27-14-26(24)34(25,36)10-8-9-17(2)19(4)20(5)21(6)22(7)32(35)30(27)29/h16-33H,8-15H2,1-7H3/t16-,17+,18-,19+,20+,21+,22+,23?,24?,25?,26?,27-,28?,29?,30?,31+,32?,33?,34?,35+,36?/m1/s1. The molecule has 0 aromatic carbocycles. The highest BCUT2D eigenvalue weighted by molar-refractivity contribution is 5.41. The molecule has 8 bridgehead atoms. The van der Waals surface area contributed by atoms with Crippen molar-refractivity contribution in [2.45, 2.75) is 105 Å². The third-order valence-corrected chi connectivity index (χ3v) is 18.3. The fourth-order valence-corrected chi connectivity index (χ4v) is 17.2. The minimum absolute atomic E-state index is 0.323. The molecule has 0 saturated heterocycles. The van der Waals surface area contributed by atoms with E-state index in [0.29, 0.717) is 63.1 Å². The summed E-state index contributed by atoms with van der Waals surface area (Å²) in [6.45, 7) is 17.8. The molecule has 9 rings (SSSR count). The Morgan fingerprint density at radius 3 is 2.13 bits per heavy atom. The van der Waals surface area contributed by atoms with Gasteiger partial charge in [0.2, 0.25) is 5.54 Å². The second-order valence-corrected chi connectivity index (χ2v) is 18.2. The van der Waals surface area contributed by atoms with E-state index < -0.39 is 5.54 Å². The molecule has 0 aromatic rings. The smallest absolute Gasteiger partial charge is 0.228 e. The Kier molecular flexibility index (Phi) is 4.67. The van der Waals surface area contributed by atoms with Crippen molar-refractivity contribution in [3.05, 3.63) is 10.1 Å². The van der Waals surface area contributed by atoms with E-state index >= 15 is 0 Å². The van der Waals surface area contributed by atoms with Crippen LogP contribution in [0.3, 0.4) is 0 Å². The first-order chi connectivity index (χ1) is 18.5. The van der Waals surface area contributed by atoms with Crippen LogP contribution in [0.1, 0.15) is 99.8 Å². The van der Waals surface area contributed by atoms with Crippen molar-refractivity contribution in [2.75, 3.05) is 0 Å². The van der Waals surface area contributed by atoms with Crippen molar-refractivity contribution >= 4 is 0 Å². The molecular weight excluding hydrogens is 478 g/mol. The summed E-state index contributed by atoms with van der Waals surface area (Å²) < 4.78 is 0. The summed E-state index contributed by atoms with van der Waals surface area (Å²) in [5, 5.41) is 13.5. The largest absolute Gasteiger partial charge is 0.264 e. The Balaban J connectivity index is 1.29. The molecule has 2 spiro atoms. The van der Waals surface area contributed by atoms with Gasteiger partial charge in [0.25, 0.3) is 0 Å². The van der Waals surface area contributed by atoms with Crippen LogP contribution in [0, 0.1) is 127 Å². The normalized spacial score (nSPS) is 70.6. The molecule has 0 aromatic heterocycles. The molecule has 0 aliphatic heterocycles. The Bertz CT molecular complexity index is 1110. The lowest BCUT2D eigenvalue weighted by atomic mass is 9.24. The highest BCUT2D eigenvalue weighted by atomic mass is 16.6. The van der Waals surface area contributed by atoms with Gasteiger partial charge in [-0.2, -0.15) is 0 Å². The van der Waals surface area contributed by atoms with Crippen LogP contribution in [-0.4, -0.2) is 10.5 Å². The van der Waals surface area contributed by atoms with Gasteiger partial charge in [-0.15, -0.1) is 0 Å². The molecule has 39 heavy (non-hydrogen) atoms. The predicted octanol–water partition coefficient (Wildman–Crippen LogP) is 8.45. The highest BCUT2D eigenvalue weighted by Gasteiger charge is 2.95. The second kappa shape index (κ2) is 7.30. The summed E-state index contributed by atoms with van der Waals surface area (Å²) in [4.78, 5) is 13.9. The molecule has 3 heteroatoms. The first-order valence-electron chi connectivity index (χ1n) is 17.7. The van der Waals surface area contributed by atoms with Crippen molar-refractivity contribution in [3.63, 3.8) is 0 Å². The number of nitrogens with zero attached hydrogens (tertiary/aromatic N) is 1. The van der Waals surface area contributed by atoms with Gasteiger partial charge in [0, 0.05) is 23.2 Å². The van der Waals surface area contributed by atoms with E-state index in [-0.39, 0.29) is 0 Å². The predicted molar refractivity (Wildman–Crippen MR) is 154 cm³/mol. The van der Waals surface area contributed by atoms with E-state index in [1.165, 1.54) is 44.9 Å². The molecule has 216 valence electrons. The van der Waals surface area contributed by atoms with Crippen LogP contribution >= 0.6 is 0 Å².